The van der Waals surface area contributed by atoms with Crippen molar-refractivity contribution in [1.82, 2.24) is 14.5 Å². The zero-order valence-electron chi connectivity index (χ0n) is 15.5. The molecule has 0 aliphatic carbocycles. The quantitative estimate of drug-likeness (QED) is 0.680. The molecule has 27 heavy (non-hydrogen) atoms. The number of amides is 1. The molecule has 1 atom stereocenters. The first-order valence-electron chi connectivity index (χ1n) is 9.07. The summed E-state index contributed by atoms with van der Waals surface area (Å²) in [7, 11) is 0. The van der Waals surface area contributed by atoms with Gasteiger partial charge in [-0.05, 0) is 30.5 Å². The first-order chi connectivity index (χ1) is 13.0. The molecular formula is C21H23N3O3. The number of hydrogen-bond donors (Lipinski definition) is 1. The molecule has 3 aromatic rings. The van der Waals surface area contributed by atoms with Gasteiger partial charge >= 0.3 is 11.1 Å². The molecule has 0 radical (unpaired) electrons. The predicted molar refractivity (Wildman–Crippen MR) is 106 cm³/mol. The topological polar surface area (TPSA) is 73.1 Å². The molecule has 0 unspecified atom stereocenters. The van der Waals surface area contributed by atoms with Crippen LogP contribution in [0.4, 0.5) is 0 Å². The fraction of sp³-hybridized carbons (Fsp3) is 0.286. The van der Waals surface area contributed by atoms with Crippen LogP contribution in [0.25, 0.3) is 11.0 Å². The third-order valence-electron chi connectivity index (χ3n) is 4.73. The van der Waals surface area contributed by atoms with Crippen molar-refractivity contribution in [3.63, 3.8) is 0 Å². The minimum Gasteiger partial charge on any atom is -0.354 e. The molecule has 3 rings (SSSR count). The highest BCUT2D eigenvalue weighted by Crippen LogP contribution is 2.13. The average molecular weight is 365 g/mol. The minimum atomic E-state index is -0.679. The number of aryl methyl sites for hydroxylation is 1. The molecule has 6 nitrogen and oxygen atoms in total. The van der Waals surface area contributed by atoms with Crippen molar-refractivity contribution in [2.75, 3.05) is 6.54 Å². The Morgan fingerprint density at radius 3 is 2.11 bits per heavy atom. The number of aromatic nitrogens is 2. The summed E-state index contributed by atoms with van der Waals surface area (Å²) in [5, 5.41) is 2.86. The second-order valence-corrected chi connectivity index (χ2v) is 6.55. The number of benzene rings is 2. The lowest BCUT2D eigenvalue weighted by Gasteiger charge is -2.15. The van der Waals surface area contributed by atoms with Crippen LogP contribution in [0.15, 0.2) is 64.2 Å². The highest BCUT2D eigenvalue weighted by molar-refractivity contribution is 5.80. The third-order valence-corrected chi connectivity index (χ3v) is 4.73. The summed E-state index contributed by atoms with van der Waals surface area (Å²) in [6.45, 7) is 4.52. The van der Waals surface area contributed by atoms with Crippen LogP contribution in [0, 0.1) is 0 Å². The van der Waals surface area contributed by atoms with Gasteiger partial charge in [0.15, 0.2) is 0 Å². The second kappa shape index (κ2) is 8.03. The number of para-hydroxylation sites is 2. The molecule has 0 fully saturated rings. The average Bonchev–Trinajstić information content (AvgIpc) is 2.70. The van der Waals surface area contributed by atoms with Gasteiger partial charge in [0.2, 0.25) is 5.91 Å². The van der Waals surface area contributed by atoms with E-state index in [1.165, 1.54) is 9.13 Å². The van der Waals surface area contributed by atoms with Crippen molar-refractivity contribution in [3.05, 3.63) is 80.9 Å². The van der Waals surface area contributed by atoms with Crippen LogP contribution in [0.1, 0.15) is 25.3 Å². The van der Waals surface area contributed by atoms with Crippen LogP contribution in [-0.4, -0.2) is 21.6 Å². The number of hydrogen-bond acceptors (Lipinski definition) is 3. The van der Waals surface area contributed by atoms with E-state index in [-0.39, 0.29) is 18.4 Å². The van der Waals surface area contributed by atoms with Gasteiger partial charge in [-0.1, -0.05) is 49.4 Å². The summed E-state index contributed by atoms with van der Waals surface area (Å²) in [6.07, 6.45) is 0. The lowest BCUT2D eigenvalue weighted by molar-refractivity contribution is -0.121. The van der Waals surface area contributed by atoms with Crippen molar-refractivity contribution in [2.24, 2.45) is 0 Å². The Bertz CT molecular complexity index is 1070. The molecule has 0 aliphatic rings. The zero-order chi connectivity index (χ0) is 19.4. The first-order valence-corrected chi connectivity index (χ1v) is 9.07. The Labute approximate surface area is 157 Å². The van der Waals surface area contributed by atoms with Crippen molar-refractivity contribution < 1.29 is 4.79 Å². The monoisotopic (exact) mass is 365 g/mol. The highest BCUT2D eigenvalue weighted by Gasteiger charge is 2.15. The van der Waals surface area contributed by atoms with Gasteiger partial charge < -0.3 is 9.88 Å². The third kappa shape index (κ3) is 3.84. The predicted octanol–water partition coefficient (Wildman–Crippen LogP) is 2.10. The lowest BCUT2D eigenvalue weighted by atomic mass is 10.0. The van der Waals surface area contributed by atoms with E-state index in [9.17, 15) is 14.4 Å². The molecule has 0 saturated carbocycles. The van der Waals surface area contributed by atoms with Gasteiger partial charge in [0.1, 0.15) is 6.54 Å². The largest absolute Gasteiger partial charge is 0.354 e. The van der Waals surface area contributed by atoms with Crippen molar-refractivity contribution in [3.8, 4) is 0 Å². The van der Waals surface area contributed by atoms with E-state index in [4.69, 9.17) is 0 Å². The van der Waals surface area contributed by atoms with Gasteiger partial charge in [-0.25, -0.2) is 0 Å². The molecule has 140 valence electrons. The molecule has 0 spiro atoms. The van der Waals surface area contributed by atoms with Crippen LogP contribution in [0.3, 0.4) is 0 Å². The molecule has 2 aromatic carbocycles. The number of nitrogens with one attached hydrogen (secondary N) is 1. The van der Waals surface area contributed by atoms with Gasteiger partial charge in [0.25, 0.3) is 0 Å². The Morgan fingerprint density at radius 2 is 1.48 bits per heavy atom. The SMILES string of the molecule is CCn1c(=O)c(=O)n(CC(=O)NC[C@@H](C)c2ccccc2)c2ccccc21. The van der Waals surface area contributed by atoms with Gasteiger partial charge in [-0.2, -0.15) is 0 Å². The van der Waals surface area contributed by atoms with E-state index in [1.807, 2.05) is 50.2 Å². The highest BCUT2D eigenvalue weighted by atomic mass is 16.2. The second-order valence-electron chi connectivity index (χ2n) is 6.55. The number of carbonyl (C=O) groups excluding carboxylic acids is 1. The summed E-state index contributed by atoms with van der Waals surface area (Å²) in [5.41, 5.74) is 1.07. The van der Waals surface area contributed by atoms with E-state index in [0.29, 0.717) is 24.1 Å². The summed E-state index contributed by atoms with van der Waals surface area (Å²) in [5.74, 6) is -0.143. The molecule has 0 bridgehead atoms. The lowest BCUT2D eigenvalue weighted by Crippen LogP contribution is -2.44. The fourth-order valence-electron chi connectivity index (χ4n) is 3.21. The standard InChI is InChI=1S/C21H23N3O3/c1-3-23-17-11-7-8-12-18(17)24(21(27)20(23)26)14-19(25)22-13-15(2)16-9-5-4-6-10-16/h4-12,15H,3,13-14H2,1-2H3,(H,22,25)/t15-/m1/s1. The molecule has 1 heterocycles. The number of nitrogens with zero attached hydrogens (tertiary/aromatic N) is 2. The maximum atomic E-state index is 12.5. The Kier molecular flexibility index (Phi) is 5.54. The van der Waals surface area contributed by atoms with E-state index in [1.54, 1.807) is 18.2 Å². The Balaban J connectivity index is 1.82. The Hall–Kier alpha value is -3.15. The van der Waals surface area contributed by atoms with Crippen LogP contribution in [0.5, 0.6) is 0 Å². The van der Waals surface area contributed by atoms with Gasteiger partial charge in [-0.3, -0.25) is 19.0 Å². The van der Waals surface area contributed by atoms with Crippen LogP contribution in [-0.2, 0) is 17.9 Å². The van der Waals surface area contributed by atoms with E-state index in [0.717, 1.165) is 5.56 Å². The van der Waals surface area contributed by atoms with Crippen LogP contribution in [0.2, 0.25) is 0 Å². The minimum absolute atomic E-state index is 0.150. The molecule has 0 aliphatic heterocycles. The molecular weight excluding hydrogens is 342 g/mol. The van der Waals surface area contributed by atoms with Crippen LogP contribution >= 0.6 is 0 Å². The normalized spacial score (nSPS) is 12.1. The van der Waals surface area contributed by atoms with E-state index in [2.05, 4.69) is 5.32 Å². The van der Waals surface area contributed by atoms with Crippen LogP contribution < -0.4 is 16.4 Å². The van der Waals surface area contributed by atoms with Gasteiger partial charge in [0.05, 0.1) is 11.0 Å². The number of fused-ring (bicyclic) bond motifs is 1. The number of rotatable bonds is 6. The van der Waals surface area contributed by atoms with Crippen molar-refractivity contribution in [1.29, 1.82) is 0 Å². The summed E-state index contributed by atoms with van der Waals surface area (Å²) < 4.78 is 2.69. The molecule has 0 saturated heterocycles. The van der Waals surface area contributed by atoms with Crippen molar-refractivity contribution >= 4 is 16.9 Å². The van der Waals surface area contributed by atoms with Gasteiger partial charge in [-0.15, -0.1) is 0 Å². The number of carbonyl (C=O) groups is 1. The van der Waals surface area contributed by atoms with E-state index >= 15 is 0 Å². The summed E-state index contributed by atoms with van der Waals surface area (Å²) in [6, 6.07) is 17.0. The fourth-order valence-corrected chi connectivity index (χ4v) is 3.21. The maximum absolute atomic E-state index is 12.5. The maximum Gasteiger partial charge on any atom is 0.317 e. The Morgan fingerprint density at radius 1 is 0.926 bits per heavy atom. The van der Waals surface area contributed by atoms with E-state index < -0.39 is 11.1 Å². The van der Waals surface area contributed by atoms with Crippen molar-refractivity contribution in [2.45, 2.75) is 32.9 Å². The molecule has 6 heteroatoms. The molecule has 1 amide bonds. The molecule has 1 N–H and O–H groups in total. The molecule has 1 aromatic heterocycles. The summed E-state index contributed by atoms with van der Waals surface area (Å²) >= 11 is 0. The van der Waals surface area contributed by atoms with Gasteiger partial charge in [0, 0.05) is 13.1 Å². The summed E-state index contributed by atoms with van der Waals surface area (Å²) in [4.78, 5) is 37.3. The zero-order valence-corrected chi connectivity index (χ0v) is 15.5. The first kappa shape index (κ1) is 18.6. The smallest absolute Gasteiger partial charge is 0.317 e.